The number of hydrogen-bond donors (Lipinski definition) is 1. The summed E-state index contributed by atoms with van der Waals surface area (Å²) >= 11 is 0. The number of ether oxygens (including phenoxy) is 1. The maximum atomic E-state index is 12.2. The van der Waals surface area contributed by atoms with Crippen molar-refractivity contribution in [2.45, 2.75) is 72.3 Å². The van der Waals surface area contributed by atoms with Crippen molar-refractivity contribution in [1.29, 1.82) is 0 Å². The third kappa shape index (κ3) is 8.42. The monoisotopic (exact) mass is 300 g/mol. The number of unbranched alkanes of at least 4 members (excludes halogenated alkanes) is 1. The highest BCUT2D eigenvalue weighted by Crippen LogP contribution is 2.16. The Bertz CT molecular complexity index is 272. The number of carbonyl (C=O) groups excluding carboxylic acids is 1. The van der Waals surface area contributed by atoms with E-state index in [-0.39, 0.29) is 5.97 Å². The first-order chi connectivity index (χ1) is 10.0. The third-order valence-electron chi connectivity index (χ3n) is 3.92. The lowest BCUT2D eigenvalue weighted by Crippen LogP contribution is -2.51. The number of nitrogens with one attached hydrogen (secondary N) is 1. The Morgan fingerprint density at radius 2 is 1.76 bits per heavy atom. The Morgan fingerprint density at radius 1 is 1.10 bits per heavy atom. The fourth-order valence-electron chi connectivity index (χ4n) is 2.42. The van der Waals surface area contributed by atoms with Gasteiger partial charge < -0.3 is 15.0 Å². The Morgan fingerprint density at radius 3 is 2.29 bits per heavy atom. The van der Waals surface area contributed by atoms with Crippen molar-refractivity contribution in [1.82, 2.24) is 10.2 Å². The van der Waals surface area contributed by atoms with E-state index in [9.17, 15) is 4.79 Å². The van der Waals surface area contributed by atoms with Crippen molar-refractivity contribution in [2.75, 3.05) is 32.8 Å². The summed E-state index contributed by atoms with van der Waals surface area (Å²) in [7, 11) is 0. The van der Waals surface area contributed by atoms with Crippen LogP contribution in [0.3, 0.4) is 0 Å². The molecule has 0 fully saturated rings. The van der Waals surface area contributed by atoms with Crippen molar-refractivity contribution in [2.24, 2.45) is 0 Å². The van der Waals surface area contributed by atoms with Crippen LogP contribution < -0.4 is 5.32 Å². The van der Waals surface area contributed by atoms with Crippen LogP contribution in [-0.4, -0.2) is 49.2 Å². The number of rotatable bonds is 13. The van der Waals surface area contributed by atoms with E-state index < -0.39 is 5.54 Å². The van der Waals surface area contributed by atoms with E-state index in [1.165, 1.54) is 12.8 Å². The molecule has 0 aromatic carbocycles. The van der Waals surface area contributed by atoms with Gasteiger partial charge in [0.1, 0.15) is 5.54 Å². The highest BCUT2D eigenvalue weighted by molar-refractivity contribution is 5.80. The molecule has 21 heavy (non-hydrogen) atoms. The SMILES string of the molecule is CCCCN(CC)CCCC(C)(NCCC)C(=O)OCC. The van der Waals surface area contributed by atoms with Crippen LogP contribution in [0.25, 0.3) is 0 Å². The van der Waals surface area contributed by atoms with Crippen molar-refractivity contribution in [3.05, 3.63) is 0 Å². The number of esters is 1. The van der Waals surface area contributed by atoms with Crippen LogP contribution in [0.15, 0.2) is 0 Å². The fourth-order valence-corrected chi connectivity index (χ4v) is 2.42. The molecule has 1 N–H and O–H groups in total. The first-order valence-corrected chi connectivity index (χ1v) is 8.68. The number of hydrogen-bond acceptors (Lipinski definition) is 4. The normalized spacial score (nSPS) is 14.2. The van der Waals surface area contributed by atoms with E-state index in [0.29, 0.717) is 6.61 Å². The summed E-state index contributed by atoms with van der Waals surface area (Å²) in [5.41, 5.74) is -0.545. The molecule has 0 amide bonds. The molecule has 0 bridgehead atoms. The fraction of sp³-hybridized carbons (Fsp3) is 0.941. The molecule has 0 aromatic rings. The number of carbonyl (C=O) groups is 1. The summed E-state index contributed by atoms with van der Waals surface area (Å²) in [6.45, 7) is 15.0. The minimum absolute atomic E-state index is 0.116. The maximum Gasteiger partial charge on any atom is 0.326 e. The molecule has 0 saturated heterocycles. The van der Waals surface area contributed by atoms with Crippen LogP contribution >= 0.6 is 0 Å². The molecule has 0 radical (unpaired) electrons. The molecule has 1 atom stereocenters. The molecule has 4 heteroatoms. The Kier molecular flexibility index (Phi) is 11.6. The summed E-state index contributed by atoms with van der Waals surface area (Å²) in [5, 5.41) is 3.37. The second-order valence-electron chi connectivity index (χ2n) is 5.87. The van der Waals surface area contributed by atoms with Crippen LogP contribution in [0.2, 0.25) is 0 Å². The molecule has 0 saturated carbocycles. The first kappa shape index (κ1) is 20.4. The molecule has 0 aromatic heterocycles. The van der Waals surface area contributed by atoms with Gasteiger partial charge in [-0.25, -0.2) is 0 Å². The van der Waals surface area contributed by atoms with Crippen molar-refractivity contribution in [3.8, 4) is 0 Å². The smallest absolute Gasteiger partial charge is 0.326 e. The predicted molar refractivity (Wildman–Crippen MR) is 89.6 cm³/mol. The zero-order chi connectivity index (χ0) is 16.1. The van der Waals surface area contributed by atoms with E-state index in [1.54, 1.807) is 0 Å². The van der Waals surface area contributed by atoms with Crippen molar-refractivity contribution < 1.29 is 9.53 Å². The van der Waals surface area contributed by atoms with E-state index in [1.807, 2.05) is 13.8 Å². The van der Waals surface area contributed by atoms with Gasteiger partial charge in [0.25, 0.3) is 0 Å². The van der Waals surface area contributed by atoms with Crippen LogP contribution in [-0.2, 0) is 9.53 Å². The van der Waals surface area contributed by atoms with Gasteiger partial charge in [-0.2, -0.15) is 0 Å². The maximum absolute atomic E-state index is 12.2. The van der Waals surface area contributed by atoms with Crippen LogP contribution in [0.5, 0.6) is 0 Å². The standard InChI is InChI=1S/C17H36N2O2/c1-6-10-14-19(8-3)15-11-12-17(5,18-13-7-2)16(20)21-9-4/h18H,6-15H2,1-5H3. The summed E-state index contributed by atoms with van der Waals surface area (Å²) in [4.78, 5) is 14.7. The van der Waals surface area contributed by atoms with Crippen LogP contribution in [0.1, 0.15) is 66.7 Å². The highest BCUT2D eigenvalue weighted by Gasteiger charge is 2.33. The quantitative estimate of drug-likeness (QED) is 0.530. The van der Waals surface area contributed by atoms with Gasteiger partial charge in [-0.05, 0) is 65.7 Å². The molecule has 0 aliphatic carbocycles. The Labute approximate surface area is 131 Å². The van der Waals surface area contributed by atoms with Gasteiger partial charge in [0, 0.05) is 0 Å². The minimum atomic E-state index is -0.545. The lowest BCUT2D eigenvalue weighted by atomic mass is 9.95. The molecule has 1 unspecified atom stereocenters. The molecule has 0 rings (SSSR count). The van der Waals surface area contributed by atoms with Gasteiger partial charge in [-0.3, -0.25) is 4.79 Å². The second kappa shape index (κ2) is 12.0. The summed E-state index contributed by atoms with van der Waals surface area (Å²) in [5.74, 6) is -0.116. The summed E-state index contributed by atoms with van der Waals surface area (Å²) in [6, 6.07) is 0. The first-order valence-electron chi connectivity index (χ1n) is 8.68. The Hall–Kier alpha value is -0.610. The number of nitrogens with zero attached hydrogens (tertiary/aromatic N) is 1. The molecule has 0 spiro atoms. The van der Waals surface area contributed by atoms with E-state index >= 15 is 0 Å². The largest absolute Gasteiger partial charge is 0.465 e. The second-order valence-corrected chi connectivity index (χ2v) is 5.87. The average Bonchev–Trinajstić information content (AvgIpc) is 2.48. The highest BCUT2D eigenvalue weighted by atomic mass is 16.5. The predicted octanol–water partition coefficient (Wildman–Crippen LogP) is 3.21. The van der Waals surface area contributed by atoms with E-state index in [2.05, 4.69) is 31.0 Å². The topological polar surface area (TPSA) is 41.6 Å². The molecule has 0 heterocycles. The van der Waals surface area contributed by atoms with Gasteiger partial charge in [-0.1, -0.05) is 27.2 Å². The molecule has 126 valence electrons. The summed E-state index contributed by atoms with van der Waals surface area (Å²) < 4.78 is 5.24. The lowest BCUT2D eigenvalue weighted by Gasteiger charge is -2.30. The van der Waals surface area contributed by atoms with Crippen molar-refractivity contribution in [3.63, 3.8) is 0 Å². The molecule has 0 aliphatic heterocycles. The van der Waals surface area contributed by atoms with E-state index in [4.69, 9.17) is 4.74 Å². The average molecular weight is 300 g/mol. The zero-order valence-corrected chi connectivity index (χ0v) is 14.8. The lowest BCUT2D eigenvalue weighted by molar-refractivity contribution is -0.150. The van der Waals surface area contributed by atoms with Gasteiger partial charge in [0.2, 0.25) is 0 Å². The minimum Gasteiger partial charge on any atom is -0.465 e. The molecule has 0 aliphatic rings. The van der Waals surface area contributed by atoms with Gasteiger partial charge in [0.15, 0.2) is 0 Å². The molecular weight excluding hydrogens is 264 g/mol. The van der Waals surface area contributed by atoms with Crippen LogP contribution in [0.4, 0.5) is 0 Å². The molecular formula is C17H36N2O2. The van der Waals surface area contributed by atoms with Gasteiger partial charge >= 0.3 is 5.97 Å². The summed E-state index contributed by atoms with van der Waals surface area (Å²) in [6.07, 6.45) is 5.34. The molecule has 4 nitrogen and oxygen atoms in total. The van der Waals surface area contributed by atoms with Crippen LogP contribution in [0, 0.1) is 0 Å². The Balaban J connectivity index is 4.36. The van der Waals surface area contributed by atoms with Gasteiger partial charge in [0.05, 0.1) is 6.61 Å². The van der Waals surface area contributed by atoms with E-state index in [0.717, 1.165) is 45.4 Å². The third-order valence-corrected chi connectivity index (χ3v) is 3.92. The van der Waals surface area contributed by atoms with Crippen molar-refractivity contribution >= 4 is 5.97 Å². The van der Waals surface area contributed by atoms with Gasteiger partial charge in [-0.15, -0.1) is 0 Å². The zero-order valence-electron chi connectivity index (χ0n) is 14.8.